The van der Waals surface area contributed by atoms with E-state index in [2.05, 4.69) is 378 Å². The average molecular weight is 1350 g/mol. The zero-order chi connectivity index (χ0) is 69.0. The van der Waals surface area contributed by atoms with Gasteiger partial charge in [-0.1, -0.05) is 158 Å². The Morgan fingerprint density at radius 3 is 0.775 bits per heavy atom. The Bertz CT molecular complexity index is 6380. The molecular formula is C96H74N4S2. The molecule has 0 atom stereocenters. The second-order valence-electron chi connectivity index (χ2n) is 27.7. The Balaban J connectivity index is 0.686. The molecule has 0 fully saturated rings. The highest BCUT2D eigenvalue weighted by molar-refractivity contribution is 7.26. The van der Waals surface area contributed by atoms with Gasteiger partial charge >= 0.3 is 0 Å². The molecule has 0 N–H and O–H groups in total. The van der Waals surface area contributed by atoms with Crippen molar-refractivity contribution in [1.29, 1.82) is 0 Å². The molecule has 16 aromatic carbocycles. The Morgan fingerprint density at radius 1 is 0.196 bits per heavy atom. The summed E-state index contributed by atoms with van der Waals surface area (Å²) in [5, 5.41) is 15.2. The number of hydrogen-bond donors (Lipinski definition) is 0. The summed E-state index contributed by atoms with van der Waals surface area (Å²) in [5.74, 6) is 0. The number of nitrogens with zero attached hydrogens (tertiary/aromatic N) is 4. The lowest BCUT2D eigenvalue weighted by Gasteiger charge is -2.29. The zero-order valence-electron chi connectivity index (χ0n) is 58.5. The van der Waals surface area contributed by atoms with Gasteiger partial charge in [0.15, 0.2) is 0 Å². The lowest BCUT2D eigenvalue weighted by Crippen LogP contribution is -2.13. The van der Waals surface area contributed by atoms with Gasteiger partial charge in [-0.2, -0.15) is 0 Å². The van der Waals surface area contributed by atoms with Gasteiger partial charge in [-0.3, -0.25) is 0 Å². The molecule has 490 valence electrons. The van der Waals surface area contributed by atoms with Gasteiger partial charge in [-0.05, 0) is 300 Å². The molecule has 0 aliphatic carbocycles. The van der Waals surface area contributed by atoms with Gasteiger partial charge in [-0.15, -0.1) is 22.7 Å². The monoisotopic (exact) mass is 1350 g/mol. The van der Waals surface area contributed by atoms with Gasteiger partial charge in [0.2, 0.25) is 0 Å². The van der Waals surface area contributed by atoms with E-state index in [0.29, 0.717) is 0 Å². The highest BCUT2D eigenvalue weighted by atomic mass is 32.1. The minimum absolute atomic E-state index is 1.12. The van der Waals surface area contributed by atoms with Crippen molar-refractivity contribution in [1.82, 2.24) is 0 Å². The molecule has 4 nitrogen and oxygen atoms in total. The van der Waals surface area contributed by atoms with Crippen LogP contribution in [0.25, 0.3) is 94.6 Å². The van der Waals surface area contributed by atoms with Gasteiger partial charge in [0, 0.05) is 109 Å². The van der Waals surface area contributed by atoms with Crippen molar-refractivity contribution in [3.8, 4) is 11.1 Å². The molecular weight excluding hydrogens is 1270 g/mol. The number of hydrogen-bond acceptors (Lipinski definition) is 6. The van der Waals surface area contributed by atoms with E-state index in [9.17, 15) is 0 Å². The molecule has 2 aromatic heterocycles. The zero-order valence-corrected chi connectivity index (χ0v) is 60.1. The second-order valence-corrected chi connectivity index (χ2v) is 29.9. The maximum Gasteiger partial charge on any atom is 0.0491 e. The van der Waals surface area contributed by atoms with Gasteiger partial charge in [-0.25, -0.2) is 0 Å². The second kappa shape index (κ2) is 25.1. The molecule has 0 saturated carbocycles. The summed E-state index contributed by atoms with van der Waals surface area (Å²) in [6, 6.07) is 114. The van der Waals surface area contributed by atoms with E-state index in [1.807, 2.05) is 22.7 Å². The Labute approximate surface area is 604 Å². The minimum Gasteiger partial charge on any atom is -0.310 e. The van der Waals surface area contributed by atoms with E-state index in [0.717, 1.165) is 51.2 Å². The topological polar surface area (TPSA) is 13.0 Å². The highest BCUT2D eigenvalue weighted by Gasteiger charge is 2.25. The molecule has 0 aliphatic heterocycles. The smallest absolute Gasteiger partial charge is 0.0491 e. The van der Waals surface area contributed by atoms with Crippen LogP contribution in [0.15, 0.2) is 303 Å². The molecule has 0 amide bonds. The summed E-state index contributed by atoms with van der Waals surface area (Å²) in [6.45, 7) is 17.7. The fourth-order valence-corrected chi connectivity index (χ4v) is 18.3. The predicted octanol–water partition coefficient (Wildman–Crippen LogP) is 29.0. The van der Waals surface area contributed by atoms with E-state index in [1.54, 1.807) is 0 Å². The van der Waals surface area contributed by atoms with Crippen molar-refractivity contribution in [3.05, 3.63) is 348 Å². The summed E-state index contributed by atoms with van der Waals surface area (Å²) >= 11 is 3.77. The van der Waals surface area contributed by atoms with Crippen LogP contribution in [-0.2, 0) is 0 Å². The van der Waals surface area contributed by atoms with E-state index >= 15 is 0 Å². The molecule has 0 bridgehead atoms. The van der Waals surface area contributed by atoms with Crippen LogP contribution in [0.5, 0.6) is 0 Å². The normalized spacial score (nSPS) is 11.7. The Kier molecular flexibility index (Phi) is 15.4. The molecule has 0 unspecified atom stereocenters. The van der Waals surface area contributed by atoms with E-state index < -0.39 is 0 Å². The SMILES string of the molecule is Cc1cccc(N(c2ccc3c(ccc4sc5ccc6cc(N(c7cccc(C)c7)c7ccc(-c8ccc(N(c9ccc%10c(ccc%11sc%12ccc%13cc(N(c%14ccccc%14C)c%14ccccc%14C)ccc%13c%12c%11%10)c9)c9ccccc9C)c(C)c8)cc7C)ccc6c5c43)c2)c2ccccc2C)c1. The molecule has 102 heavy (non-hydrogen) atoms. The van der Waals surface area contributed by atoms with Crippen LogP contribution in [0.3, 0.4) is 0 Å². The Hall–Kier alpha value is -11.8. The molecule has 0 radical (unpaired) electrons. The number of para-hydroxylation sites is 4. The molecule has 0 aliphatic rings. The molecule has 0 saturated heterocycles. The van der Waals surface area contributed by atoms with Crippen molar-refractivity contribution < 1.29 is 0 Å². The quantitative estimate of drug-likeness (QED) is 0.114. The van der Waals surface area contributed by atoms with Crippen LogP contribution in [0.2, 0.25) is 0 Å². The maximum absolute atomic E-state index is 2.46. The number of fused-ring (bicyclic) bond motifs is 14. The third-order valence-electron chi connectivity index (χ3n) is 21.0. The Morgan fingerprint density at radius 2 is 0.471 bits per heavy atom. The molecule has 18 rings (SSSR count). The molecule has 0 spiro atoms. The van der Waals surface area contributed by atoms with Crippen LogP contribution < -0.4 is 19.6 Å². The fourth-order valence-electron chi connectivity index (χ4n) is 16.0. The first-order chi connectivity index (χ1) is 49.8. The van der Waals surface area contributed by atoms with Crippen molar-refractivity contribution in [3.63, 3.8) is 0 Å². The van der Waals surface area contributed by atoms with E-state index in [1.165, 1.54) is 156 Å². The third-order valence-corrected chi connectivity index (χ3v) is 23.2. The highest BCUT2D eigenvalue weighted by Crippen LogP contribution is 2.50. The summed E-state index contributed by atoms with van der Waals surface area (Å²) in [7, 11) is 0. The van der Waals surface area contributed by atoms with Crippen LogP contribution in [0.1, 0.15) is 44.5 Å². The van der Waals surface area contributed by atoms with Gasteiger partial charge in [0.25, 0.3) is 0 Å². The fraction of sp³-hybridized carbons (Fsp3) is 0.0833. The van der Waals surface area contributed by atoms with Crippen LogP contribution >= 0.6 is 22.7 Å². The van der Waals surface area contributed by atoms with Crippen LogP contribution in [-0.4, -0.2) is 0 Å². The predicted molar refractivity (Wildman–Crippen MR) is 444 cm³/mol. The average Bonchev–Trinajstić information content (AvgIpc) is 1.53. The first kappa shape index (κ1) is 62.5. The maximum atomic E-state index is 2.46. The number of rotatable bonds is 13. The first-order valence-electron chi connectivity index (χ1n) is 35.3. The summed E-state index contributed by atoms with van der Waals surface area (Å²) in [6.07, 6.45) is 0. The van der Waals surface area contributed by atoms with Crippen molar-refractivity contribution in [2.45, 2.75) is 55.4 Å². The summed E-state index contributed by atoms with van der Waals surface area (Å²) < 4.78 is 5.19. The van der Waals surface area contributed by atoms with Crippen LogP contribution in [0.4, 0.5) is 68.2 Å². The molecule has 6 heteroatoms. The standard InChI is InChI=1S/C96H74N4S2/c1-59-19-17-25-73(51-59)97(83-27-13-9-21-61(83)3)75-37-41-79-69(55-75)33-47-89-93(79)94-80-42-38-76(56-70(80)34-48-90(94)101-89)98(74-26-18-20-60(2)52-74)87-45-31-67(53-65(87)7)68-32-46-88(66(8)54-68)100(86-30-16-12-24-64(86)6)78-40-44-82-72(58-78)36-50-92-96(82)95-81-43-39-77(57-71(81)35-49-91(95)102-92)99(84-28-14-10-22-62(84)4)85-29-15-11-23-63(85)5/h9-58H,1-8H3. The summed E-state index contributed by atoms with van der Waals surface area (Å²) in [4.78, 5) is 9.73. The van der Waals surface area contributed by atoms with Gasteiger partial charge < -0.3 is 19.6 Å². The van der Waals surface area contributed by atoms with Crippen LogP contribution in [0, 0.1) is 55.4 Å². The lowest BCUT2D eigenvalue weighted by molar-refractivity contribution is 1.23. The number of thiophene rings is 2. The molecule has 2 heterocycles. The third kappa shape index (κ3) is 10.7. The lowest BCUT2D eigenvalue weighted by atomic mass is 9.97. The van der Waals surface area contributed by atoms with Gasteiger partial charge in [0.1, 0.15) is 0 Å². The first-order valence-corrected chi connectivity index (χ1v) is 36.9. The minimum atomic E-state index is 1.12. The summed E-state index contributed by atoms with van der Waals surface area (Å²) in [5.41, 5.74) is 25.9. The number of anilines is 12. The van der Waals surface area contributed by atoms with E-state index in [-0.39, 0.29) is 0 Å². The number of benzene rings is 16. The largest absolute Gasteiger partial charge is 0.310 e. The van der Waals surface area contributed by atoms with E-state index in [4.69, 9.17) is 0 Å². The van der Waals surface area contributed by atoms with Crippen molar-refractivity contribution >= 4 is 174 Å². The van der Waals surface area contributed by atoms with Crippen molar-refractivity contribution in [2.75, 3.05) is 19.6 Å². The molecule has 18 aromatic rings. The number of aryl methyl sites for hydroxylation is 8. The van der Waals surface area contributed by atoms with Gasteiger partial charge in [0.05, 0.1) is 0 Å². The van der Waals surface area contributed by atoms with Crippen molar-refractivity contribution in [2.24, 2.45) is 0 Å².